The van der Waals surface area contributed by atoms with Crippen LogP contribution in [0.2, 0.25) is 0 Å². The third-order valence-corrected chi connectivity index (χ3v) is 3.09. The molecule has 1 aromatic heterocycles. The molecule has 0 aliphatic carbocycles. The molecular weight excluding hydrogens is 220 g/mol. The molecule has 2 aromatic rings. The van der Waals surface area contributed by atoms with Crippen molar-refractivity contribution >= 4 is 0 Å². The van der Waals surface area contributed by atoms with Crippen LogP contribution in [0, 0.1) is 6.92 Å². The summed E-state index contributed by atoms with van der Waals surface area (Å²) in [5.74, 6) is 0. The van der Waals surface area contributed by atoms with E-state index in [4.69, 9.17) is 5.10 Å². The molecule has 0 amide bonds. The maximum atomic E-state index is 4.71. The maximum Gasteiger partial charge on any atom is 0.0630 e. The summed E-state index contributed by atoms with van der Waals surface area (Å²) in [5, 5.41) is 4.71. The third-order valence-electron chi connectivity index (χ3n) is 3.09. The van der Waals surface area contributed by atoms with Crippen LogP contribution in [-0.4, -0.2) is 9.78 Å². The Morgan fingerprint density at radius 1 is 1.06 bits per heavy atom. The summed E-state index contributed by atoms with van der Waals surface area (Å²) in [6.45, 7) is 8.69. The first-order valence-electron chi connectivity index (χ1n) is 6.57. The Bertz CT molecular complexity index is 504. The fraction of sp³-hybridized carbons (Fsp3) is 0.438. The number of rotatable bonds is 3. The lowest BCUT2D eigenvalue weighted by atomic mass is 10.1. The molecule has 0 fully saturated rings. The van der Waals surface area contributed by atoms with E-state index in [9.17, 15) is 0 Å². The van der Waals surface area contributed by atoms with E-state index >= 15 is 0 Å². The topological polar surface area (TPSA) is 17.8 Å². The van der Waals surface area contributed by atoms with Crippen molar-refractivity contribution in [2.24, 2.45) is 0 Å². The first-order valence-corrected chi connectivity index (χ1v) is 6.57. The molecule has 18 heavy (non-hydrogen) atoms. The zero-order chi connectivity index (χ0) is 13.2. The molecule has 0 spiro atoms. The van der Waals surface area contributed by atoms with Gasteiger partial charge in [0.1, 0.15) is 0 Å². The Labute approximate surface area is 110 Å². The molecule has 1 heterocycles. The highest BCUT2D eigenvalue weighted by Crippen LogP contribution is 2.17. The average molecular weight is 242 g/mol. The first kappa shape index (κ1) is 12.9. The molecule has 2 heteroatoms. The minimum atomic E-state index is 0.0646. The minimum absolute atomic E-state index is 0.0646. The molecule has 0 unspecified atom stereocenters. The van der Waals surface area contributed by atoms with Crippen LogP contribution in [0.15, 0.2) is 36.4 Å². The molecule has 0 radical (unpaired) electrons. The summed E-state index contributed by atoms with van der Waals surface area (Å²) in [6.07, 6.45) is 2.06. The molecule has 0 atom stereocenters. The minimum Gasteiger partial charge on any atom is -0.264 e. The molecule has 0 saturated heterocycles. The first-order chi connectivity index (χ1) is 8.47. The van der Waals surface area contributed by atoms with Crippen LogP contribution in [0.1, 0.15) is 37.7 Å². The second-order valence-electron chi connectivity index (χ2n) is 5.85. The van der Waals surface area contributed by atoms with Gasteiger partial charge < -0.3 is 0 Å². The van der Waals surface area contributed by atoms with Crippen LogP contribution in [0.5, 0.6) is 0 Å². The smallest absolute Gasteiger partial charge is 0.0630 e. The van der Waals surface area contributed by atoms with Gasteiger partial charge in [-0.25, -0.2) is 0 Å². The summed E-state index contributed by atoms with van der Waals surface area (Å²) in [6, 6.07) is 12.8. The van der Waals surface area contributed by atoms with Crippen LogP contribution >= 0.6 is 0 Å². The number of hydrogen-bond donors (Lipinski definition) is 0. The molecule has 2 nitrogen and oxygen atoms in total. The van der Waals surface area contributed by atoms with E-state index in [0.29, 0.717) is 0 Å². The van der Waals surface area contributed by atoms with Gasteiger partial charge in [-0.05, 0) is 52.2 Å². The Morgan fingerprint density at radius 2 is 1.72 bits per heavy atom. The largest absolute Gasteiger partial charge is 0.264 e. The summed E-state index contributed by atoms with van der Waals surface area (Å²) < 4.78 is 2.12. The number of aryl methyl sites for hydroxylation is 3. The Balaban J connectivity index is 2.07. The van der Waals surface area contributed by atoms with Crippen molar-refractivity contribution in [1.82, 2.24) is 9.78 Å². The fourth-order valence-corrected chi connectivity index (χ4v) is 2.26. The highest BCUT2D eigenvalue weighted by molar-refractivity contribution is 5.17. The third kappa shape index (κ3) is 3.00. The molecule has 96 valence electrons. The van der Waals surface area contributed by atoms with Gasteiger partial charge in [0.15, 0.2) is 0 Å². The van der Waals surface area contributed by atoms with Crippen LogP contribution in [0.25, 0.3) is 0 Å². The van der Waals surface area contributed by atoms with E-state index in [2.05, 4.69) is 68.8 Å². The van der Waals surface area contributed by atoms with Gasteiger partial charge in [-0.2, -0.15) is 5.10 Å². The van der Waals surface area contributed by atoms with Gasteiger partial charge in [-0.1, -0.05) is 30.3 Å². The molecule has 0 bridgehead atoms. The SMILES string of the molecule is Cc1cc(CCc2ccccc2)nn1C(C)(C)C. The number of aromatic nitrogens is 2. The monoisotopic (exact) mass is 242 g/mol. The Morgan fingerprint density at radius 3 is 2.28 bits per heavy atom. The lowest BCUT2D eigenvalue weighted by Crippen LogP contribution is -2.24. The van der Waals surface area contributed by atoms with Crippen molar-refractivity contribution < 1.29 is 0 Å². The predicted molar refractivity (Wildman–Crippen MR) is 75.8 cm³/mol. The summed E-state index contributed by atoms with van der Waals surface area (Å²) in [7, 11) is 0. The second kappa shape index (κ2) is 4.97. The predicted octanol–water partition coefficient (Wildman–Crippen LogP) is 3.73. The highest BCUT2D eigenvalue weighted by Gasteiger charge is 2.17. The summed E-state index contributed by atoms with van der Waals surface area (Å²) in [4.78, 5) is 0. The lowest BCUT2D eigenvalue weighted by molar-refractivity contribution is 0.346. The van der Waals surface area contributed by atoms with E-state index in [0.717, 1.165) is 12.8 Å². The number of nitrogens with zero attached hydrogens (tertiary/aromatic N) is 2. The molecule has 2 rings (SSSR count). The second-order valence-corrected chi connectivity index (χ2v) is 5.85. The van der Waals surface area contributed by atoms with E-state index in [1.807, 2.05) is 0 Å². The molecule has 0 N–H and O–H groups in total. The van der Waals surface area contributed by atoms with Gasteiger partial charge >= 0.3 is 0 Å². The van der Waals surface area contributed by atoms with Crippen molar-refractivity contribution in [1.29, 1.82) is 0 Å². The van der Waals surface area contributed by atoms with Gasteiger partial charge in [0.2, 0.25) is 0 Å². The standard InChI is InChI=1S/C16H22N2/c1-13-12-15(17-18(13)16(2,3)4)11-10-14-8-6-5-7-9-14/h5-9,12H,10-11H2,1-4H3. The molecule has 0 aliphatic heterocycles. The van der Waals surface area contributed by atoms with Crippen LogP contribution < -0.4 is 0 Å². The average Bonchev–Trinajstić information content (AvgIpc) is 2.69. The van der Waals surface area contributed by atoms with E-state index < -0.39 is 0 Å². The zero-order valence-corrected chi connectivity index (χ0v) is 11.8. The van der Waals surface area contributed by atoms with Crippen LogP contribution in [0.3, 0.4) is 0 Å². The molecule has 0 aliphatic rings. The van der Waals surface area contributed by atoms with Crippen molar-refractivity contribution in [2.45, 2.75) is 46.1 Å². The van der Waals surface area contributed by atoms with Gasteiger partial charge in [-0.15, -0.1) is 0 Å². The van der Waals surface area contributed by atoms with Gasteiger partial charge in [0, 0.05) is 5.69 Å². The maximum absolute atomic E-state index is 4.71. The number of hydrogen-bond acceptors (Lipinski definition) is 1. The molecule has 0 saturated carbocycles. The molecular formula is C16H22N2. The van der Waals surface area contributed by atoms with Crippen molar-refractivity contribution in [3.8, 4) is 0 Å². The Kier molecular flexibility index (Phi) is 3.55. The van der Waals surface area contributed by atoms with Crippen molar-refractivity contribution in [3.05, 3.63) is 53.3 Å². The van der Waals surface area contributed by atoms with Crippen LogP contribution in [-0.2, 0) is 18.4 Å². The van der Waals surface area contributed by atoms with Crippen molar-refractivity contribution in [3.63, 3.8) is 0 Å². The summed E-state index contributed by atoms with van der Waals surface area (Å²) >= 11 is 0. The van der Waals surface area contributed by atoms with Gasteiger partial charge in [0.25, 0.3) is 0 Å². The van der Waals surface area contributed by atoms with Gasteiger partial charge in [0.05, 0.1) is 11.2 Å². The lowest BCUT2D eigenvalue weighted by Gasteiger charge is -2.21. The van der Waals surface area contributed by atoms with Crippen LogP contribution in [0.4, 0.5) is 0 Å². The fourth-order valence-electron chi connectivity index (χ4n) is 2.26. The quantitative estimate of drug-likeness (QED) is 0.802. The normalized spacial score (nSPS) is 11.8. The zero-order valence-electron chi connectivity index (χ0n) is 11.8. The number of benzene rings is 1. The summed E-state index contributed by atoms with van der Waals surface area (Å²) in [5.41, 5.74) is 3.87. The van der Waals surface area contributed by atoms with E-state index in [1.165, 1.54) is 17.0 Å². The molecule has 1 aromatic carbocycles. The van der Waals surface area contributed by atoms with E-state index in [1.54, 1.807) is 0 Å². The van der Waals surface area contributed by atoms with E-state index in [-0.39, 0.29) is 5.54 Å². The highest BCUT2D eigenvalue weighted by atomic mass is 15.3. The Hall–Kier alpha value is -1.57. The van der Waals surface area contributed by atoms with Crippen molar-refractivity contribution in [2.75, 3.05) is 0 Å². The van der Waals surface area contributed by atoms with Gasteiger partial charge in [-0.3, -0.25) is 4.68 Å².